The molecule has 0 bridgehead atoms. The van der Waals surface area contributed by atoms with E-state index in [9.17, 15) is 22.4 Å². The summed E-state index contributed by atoms with van der Waals surface area (Å²) in [6, 6.07) is 2.99. The molecule has 7 heteroatoms. The number of aliphatic hydroxyl groups excluding tert-OH is 1. The third-order valence-electron chi connectivity index (χ3n) is 2.55. The zero-order valence-corrected chi connectivity index (χ0v) is 11.2. The minimum absolute atomic E-state index is 0.0605. The Bertz CT molecular complexity index is 573. The van der Waals surface area contributed by atoms with Crippen molar-refractivity contribution in [2.24, 2.45) is 0 Å². The minimum Gasteiger partial charge on any atom is -0.384 e. The van der Waals surface area contributed by atoms with Gasteiger partial charge in [0, 0.05) is 12.1 Å². The van der Waals surface area contributed by atoms with Gasteiger partial charge in [-0.3, -0.25) is 4.79 Å². The van der Waals surface area contributed by atoms with Gasteiger partial charge in [0.1, 0.15) is 19.0 Å². The first-order chi connectivity index (χ1) is 9.78. The van der Waals surface area contributed by atoms with Crippen molar-refractivity contribution in [1.29, 1.82) is 0 Å². The topological polar surface area (TPSA) is 40.5 Å². The lowest BCUT2D eigenvalue weighted by Gasteiger charge is -2.22. The average Bonchev–Trinajstić information content (AvgIpc) is 2.41. The number of benzene rings is 1. The zero-order valence-electron chi connectivity index (χ0n) is 11.2. The first-order valence-corrected chi connectivity index (χ1v) is 6.03. The number of hydrogen-bond acceptors (Lipinski definition) is 2. The maximum Gasteiger partial charge on any atom is 0.406 e. The Hall–Kier alpha value is -2.07. The monoisotopic (exact) mass is 303 g/mol. The van der Waals surface area contributed by atoms with Crippen LogP contribution in [0, 0.1) is 17.7 Å². The van der Waals surface area contributed by atoms with E-state index in [4.69, 9.17) is 5.11 Å². The van der Waals surface area contributed by atoms with Crippen molar-refractivity contribution in [3.05, 3.63) is 35.1 Å². The van der Waals surface area contributed by atoms with Crippen molar-refractivity contribution >= 4 is 5.91 Å². The molecular formula is C14H13F4NO2. The summed E-state index contributed by atoms with van der Waals surface area (Å²) in [5.41, 5.74) is -0.196. The molecule has 0 spiro atoms. The van der Waals surface area contributed by atoms with Crippen LogP contribution in [0.15, 0.2) is 18.2 Å². The molecule has 1 aromatic carbocycles. The summed E-state index contributed by atoms with van der Waals surface area (Å²) >= 11 is 0. The van der Waals surface area contributed by atoms with Gasteiger partial charge in [0.15, 0.2) is 0 Å². The first kappa shape index (κ1) is 17.0. The Morgan fingerprint density at radius 3 is 2.57 bits per heavy atom. The van der Waals surface area contributed by atoms with Gasteiger partial charge in [-0.05, 0) is 25.1 Å². The van der Waals surface area contributed by atoms with E-state index in [0.29, 0.717) is 4.90 Å². The third kappa shape index (κ3) is 5.08. The summed E-state index contributed by atoms with van der Waals surface area (Å²) in [7, 11) is 0. The third-order valence-corrected chi connectivity index (χ3v) is 2.55. The molecule has 0 fully saturated rings. The van der Waals surface area contributed by atoms with Crippen LogP contribution in [0.4, 0.5) is 17.6 Å². The van der Waals surface area contributed by atoms with Crippen LogP contribution in [0.1, 0.15) is 22.8 Å². The fraction of sp³-hybridized carbons (Fsp3) is 0.357. The molecule has 3 nitrogen and oxygen atoms in total. The van der Waals surface area contributed by atoms with Crippen molar-refractivity contribution in [2.75, 3.05) is 19.7 Å². The Morgan fingerprint density at radius 2 is 2.05 bits per heavy atom. The Kier molecular flexibility index (Phi) is 5.73. The Morgan fingerprint density at radius 1 is 1.38 bits per heavy atom. The molecule has 0 aliphatic heterocycles. The summed E-state index contributed by atoms with van der Waals surface area (Å²) in [6.45, 7) is -0.647. The van der Waals surface area contributed by atoms with E-state index in [1.807, 2.05) is 0 Å². The number of halogens is 4. The fourth-order valence-corrected chi connectivity index (χ4v) is 1.66. The fourth-order valence-electron chi connectivity index (χ4n) is 1.66. The molecule has 1 rings (SSSR count). The number of nitrogens with zero attached hydrogens (tertiary/aromatic N) is 1. The summed E-state index contributed by atoms with van der Waals surface area (Å²) in [5, 5.41) is 8.62. The molecule has 1 N–H and O–H groups in total. The summed E-state index contributed by atoms with van der Waals surface area (Å²) in [6.07, 6.45) is -4.53. The standard InChI is InChI=1S/C14H13F4NO2/c1-2-19(9-14(16,17)18)13(21)12-6-5-11(15)8-10(12)4-3-7-20/h5-6,8,20H,2,7,9H2,1H3. The van der Waals surface area contributed by atoms with E-state index < -0.39 is 31.1 Å². The zero-order chi connectivity index (χ0) is 16.0. The van der Waals surface area contributed by atoms with Crippen LogP contribution >= 0.6 is 0 Å². The van der Waals surface area contributed by atoms with Gasteiger partial charge in [-0.25, -0.2) is 4.39 Å². The van der Waals surface area contributed by atoms with Crippen molar-refractivity contribution in [2.45, 2.75) is 13.1 Å². The molecule has 1 amide bonds. The van der Waals surface area contributed by atoms with Crippen LogP contribution in [0.3, 0.4) is 0 Å². The van der Waals surface area contributed by atoms with Crippen LogP contribution in [0.25, 0.3) is 0 Å². The molecule has 0 aliphatic rings. The van der Waals surface area contributed by atoms with E-state index in [-0.39, 0.29) is 17.7 Å². The second-order valence-electron chi connectivity index (χ2n) is 4.08. The number of aliphatic hydroxyl groups is 1. The predicted octanol–water partition coefficient (Wildman–Crippen LogP) is 2.19. The number of hydrogen-bond donors (Lipinski definition) is 1. The molecule has 0 saturated carbocycles. The van der Waals surface area contributed by atoms with E-state index >= 15 is 0 Å². The van der Waals surface area contributed by atoms with Crippen molar-refractivity contribution < 1.29 is 27.5 Å². The smallest absolute Gasteiger partial charge is 0.384 e. The highest BCUT2D eigenvalue weighted by molar-refractivity contribution is 5.96. The molecule has 0 aromatic heterocycles. The van der Waals surface area contributed by atoms with Crippen molar-refractivity contribution in [1.82, 2.24) is 4.90 Å². The maximum absolute atomic E-state index is 13.2. The highest BCUT2D eigenvalue weighted by Gasteiger charge is 2.33. The lowest BCUT2D eigenvalue weighted by Crippen LogP contribution is -2.39. The minimum atomic E-state index is -4.53. The molecule has 114 valence electrons. The lowest BCUT2D eigenvalue weighted by atomic mass is 10.1. The van der Waals surface area contributed by atoms with Crippen LogP contribution in [0.2, 0.25) is 0 Å². The molecule has 0 heterocycles. The first-order valence-electron chi connectivity index (χ1n) is 6.03. The number of amides is 1. The van der Waals surface area contributed by atoms with Gasteiger partial charge in [-0.1, -0.05) is 11.8 Å². The number of carbonyl (C=O) groups excluding carboxylic acids is 1. The normalized spacial score (nSPS) is 10.8. The number of rotatable bonds is 3. The van der Waals surface area contributed by atoms with Crippen LogP contribution in [0.5, 0.6) is 0 Å². The molecule has 21 heavy (non-hydrogen) atoms. The van der Waals surface area contributed by atoms with Crippen LogP contribution < -0.4 is 0 Å². The molecular weight excluding hydrogens is 290 g/mol. The largest absolute Gasteiger partial charge is 0.406 e. The van der Waals surface area contributed by atoms with Gasteiger partial charge in [0.2, 0.25) is 0 Å². The van der Waals surface area contributed by atoms with Gasteiger partial charge in [-0.15, -0.1) is 0 Å². The highest BCUT2D eigenvalue weighted by Crippen LogP contribution is 2.19. The van der Waals surface area contributed by atoms with Crippen LogP contribution in [-0.2, 0) is 0 Å². The molecule has 1 aromatic rings. The number of alkyl halides is 3. The van der Waals surface area contributed by atoms with Crippen LogP contribution in [-0.4, -0.2) is 41.8 Å². The van der Waals surface area contributed by atoms with E-state index in [1.165, 1.54) is 6.92 Å². The second kappa shape index (κ2) is 7.09. The van der Waals surface area contributed by atoms with Gasteiger partial charge in [0.05, 0.1) is 5.56 Å². The predicted molar refractivity (Wildman–Crippen MR) is 68.0 cm³/mol. The van der Waals surface area contributed by atoms with Crippen molar-refractivity contribution in [3.63, 3.8) is 0 Å². The van der Waals surface area contributed by atoms with Crippen molar-refractivity contribution in [3.8, 4) is 11.8 Å². The molecule has 0 atom stereocenters. The Balaban J connectivity index is 3.16. The molecule has 0 radical (unpaired) electrons. The molecule has 0 aliphatic carbocycles. The van der Waals surface area contributed by atoms with Gasteiger partial charge in [-0.2, -0.15) is 13.2 Å². The summed E-state index contributed by atoms with van der Waals surface area (Å²) in [4.78, 5) is 12.7. The van der Waals surface area contributed by atoms with Gasteiger partial charge in [0.25, 0.3) is 5.91 Å². The summed E-state index contributed by atoms with van der Waals surface area (Å²) < 4.78 is 50.4. The average molecular weight is 303 g/mol. The van der Waals surface area contributed by atoms with E-state index in [0.717, 1.165) is 18.2 Å². The summed E-state index contributed by atoms with van der Waals surface area (Å²) in [5.74, 6) is 3.03. The van der Waals surface area contributed by atoms with E-state index in [2.05, 4.69) is 11.8 Å². The number of carbonyl (C=O) groups is 1. The highest BCUT2D eigenvalue weighted by atomic mass is 19.4. The molecule has 0 saturated heterocycles. The maximum atomic E-state index is 13.2. The SMILES string of the molecule is CCN(CC(F)(F)F)C(=O)c1ccc(F)cc1C#CCO. The van der Waals surface area contributed by atoms with Gasteiger partial charge >= 0.3 is 6.18 Å². The van der Waals surface area contributed by atoms with E-state index in [1.54, 1.807) is 0 Å². The second-order valence-corrected chi connectivity index (χ2v) is 4.08. The Labute approximate surface area is 119 Å². The molecule has 0 unspecified atom stereocenters. The van der Waals surface area contributed by atoms with Gasteiger partial charge < -0.3 is 10.0 Å². The lowest BCUT2D eigenvalue weighted by molar-refractivity contribution is -0.140. The quantitative estimate of drug-likeness (QED) is 0.687.